The first-order valence-corrected chi connectivity index (χ1v) is 17.8. The molecule has 16 nitrogen and oxygen atoms in total. The zero-order valence-corrected chi connectivity index (χ0v) is 30.6. The summed E-state index contributed by atoms with van der Waals surface area (Å²) in [6.07, 6.45) is -1.54. The van der Waals surface area contributed by atoms with Crippen molar-refractivity contribution >= 4 is 41.5 Å². The Labute approximate surface area is 322 Å². The Morgan fingerprint density at radius 3 is 2.07 bits per heavy atom. The van der Waals surface area contributed by atoms with E-state index in [1.807, 2.05) is 48.5 Å². The second-order valence-corrected chi connectivity index (χ2v) is 13.2. The number of amides is 4. The zero-order chi connectivity index (χ0) is 40.2. The number of non-ortho nitro benzene ring substituents is 1. The van der Waals surface area contributed by atoms with Crippen molar-refractivity contribution in [2.45, 2.75) is 51.3 Å². The number of nitrogens with one attached hydrogen (secondary N) is 3. The van der Waals surface area contributed by atoms with Gasteiger partial charge in [-0.1, -0.05) is 74.5 Å². The smallest absolute Gasteiger partial charge is 0.514 e. The number of hydrogen-bond acceptors (Lipinski definition) is 11. The van der Waals surface area contributed by atoms with Crippen LogP contribution in [0, 0.1) is 16.0 Å². The Morgan fingerprint density at radius 2 is 1.48 bits per heavy atom. The minimum absolute atomic E-state index is 0.0257. The predicted molar refractivity (Wildman–Crippen MR) is 203 cm³/mol. The molecule has 0 fully saturated rings. The number of rotatable bonds is 16. The average molecular weight is 766 g/mol. The number of carbonyl (C=O) groups is 4. The molecule has 4 aromatic carbocycles. The van der Waals surface area contributed by atoms with Crippen LogP contribution in [0.15, 0.2) is 102 Å². The first kappa shape index (κ1) is 40.2. The van der Waals surface area contributed by atoms with Gasteiger partial charge in [0.15, 0.2) is 0 Å². The fourth-order valence-corrected chi connectivity index (χ4v) is 6.12. The first-order valence-electron chi connectivity index (χ1n) is 17.8. The van der Waals surface area contributed by atoms with E-state index in [2.05, 4.69) is 20.9 Å². The minimum Gasteiger partial charge on any atom is -0.599 e. The fourth-order valence-electron chi connectivity index (χ4n) is 6.12. The molecule has 0 saturated heterocycles. The van der Waals surface area contributed by atoms with Crippen LogP contribution in [0.5, 0.6) is 5.75 Å². The van der Waals surface area contributed by atoms with Gasteiger partial charge in [-0.15, -0.1) is 0 Å². The van der Waals surface area contributed by atoms with Crippen LogP contribution < -0.4 is 31.5 Å². The molecule has 4 aromatic rings. The van der Waals surface area contributed by atoms with Crippen molar-refractivity contribution in [2.24, 2.45) is 16.6 Å². The van der Waals surface area contributed by atoms with Gasteiger partial charge in [-0.2, -0.15) is 0 Å². The lowest BCUT2D eigenvalue weighted by Crippen LogP contribution is -2.49. The number of primary amides is 1. The Kier molecular flexibility index (Phi) is 13.6. The molecule has 1 aliphatic carbocycles. The van der Waals surface area contributed by atoms with Crippen LogP contribution in [0.3, 0.4) is 0 Å². The largest absolute Gasteiger partial charge is 0.599 e. The summed E-state index contributed by atoms with van der Waals surface area (Å²) in [5, 5.41) is 31.8. The van der Waals surface area contributed by atoms with Crippen molar-refractivity contribution in [1.82, 2.24) is 10.6 Å². The number of nitro groups is 1. The maximum absolute atomic E-state index is 13.6. The number of nitro benzene ring substituents is 1. The Hall–Kier alpha value is -6.97. The summed E-state index contributed by atoms with van der Waals surface area (Å²) in [7, 11) is 0. The number of fused-ring (bicyclic) bond motifs is 3. The third kappa shape index (κ3) is 10.8. The standard InChI is InChI=1S/C40H42N6O10/c1-24(2)35(45-39(50)54-23-33-31-10-5-3-8-29(31)30-9-4-6-11-32(30)33)37(48)44-34(12-7-21-42-38(41)49)36(47)43-26-15-13-25(14-16-26)22-55-40(51)56-28-19-17-27(18-20-28)46(52)53/h3-6,8-11,13-20,24,33-35H,7,12,21-23H2,1-2H3,(H,43,47)(H,44,48)(H,45,50)(H3,41,42,49)/p-1/t34-,35-/m0/s1. The fraction of sp³-hybridized carbons (Fsp3) is 0.275. The Balaban J connectivity index is 1.18. The van der Waals surface area contributed by atoms with Crippen molar-refractivity contribution in [3.05, 3.63) is 124 Å². The zero-order valence-electron chi connectivity index (χ0n) is 30.6. The number of nitrogens with zero attached hydrogens (tertiary/aromatic N) is 2. The van der Waals surface area contributed by atoms with Crippen LogP contribution >= 0.6 is 0 Å². The molecular formula is C40H41N6O10-. The van der Waals surface area contributed by atoms with E-state index in [0.717, 1.165) is 22.3 Å². The highest BCUT2D eigenvalue weighted by molar-refractivity contribution is 5.98. The predicted octanol–water partition coefficient (Wildman–Crippen LogP) is 4.75. The number of urea groups is 1. The molecule has 56 heavy (non-hydrogen) atoms. The number of ether oxygens (including phenoxy) is 3. The van der Waals surface area contributed by atoms with Crippen molar-refractivity contribution < 1.29 is 43.4 Å². The van der Waals surface area contributed by atoms with Gasteiger partial charge < -0.3 is 41.0 Å². The summed E-state index contributed by atoms with van der Waals surface area (Å²) >= 11 is 0. The van der Waals surface area contributed by atoms with Gasteiger partial charge in [0.1, 0.15) is 30.5 Å². The normalized spacial score (nSPS) is 13.1. The second kappa shape index (κ2) is 18.9. The van der Waals surface area contributed by atoms with E-state index < -0.39 is 53.0 Å². The van der Waals surface area contributed by atoms with Crippen LogP contribution in [0.2, 0.25) is 0 Å². The second-order valence-electron chi connectivity index (χ2n) is 13.2. The highest BCUT2D eigenvalue weighted by Gasteiger charge is 2.29. The summed E-state index contributed by atoms with van der Waals surface area (Å²) < 4.78 is 15.8. The lowest BCUT2D eigenvalue weighted by Gasteiger charge is -2.25. The van der Waals surface area contributed by atoms with E-state index in [0.29, 0.717) is 11.3 Å². The number of carbonyl (C=O) groups excluding carboxylic acids is 4. The molecule has 0 aromatic heterocycles. The molecule has 4 amide bonds. The Bertz CT molecular complexity index is 2030. The molecule has 0 bridgehead atoms. The molecule has 2 atom stereocenters. The summed E-state index contributed by atoms with van der Waals surface area (Å²) in [4.78, 5) is 64.7. The van der Waals surface area contributed by atoms with Gasteiger partial charge in [0.2, 0.25) is 11.8 Å². The lowest BCUT2D eigenvalue weighted by atomic mass is 9.98. The molecule has 0 saturated carbocycles. The van der Waals surface area contributed by atoms with Crippen molar-refractivity contribution in [1.29, 1.82) is 0 Å². The topological polar surface area (TPSA) is 237 Å². The monoisotopic (exact) mass is 765 g/mol. The van der Waals surface area contributed by atoms with Gasteiger partial charge in [-0.25, -0.2) is 9.59 Å². The number of anilines is 1. The molecule has 0 radical (unpaired) electrons. The third-order valence-electron chi connectivity index (χ3n) is 8.91. The lowest BCUT2D eigenvalue weighted by molar-refractivity contribution is -0.384. The van der Waals surface area contributed by atoms with E-state index in [1.54, 1.807) is 38.1 Å². The first-order chi connectivity index (χ1) is 26.9. The molecule has 0 aliphatic heterocycles. The molecule has 16 heteroatoms. The van der Waals surface area contributed by atoms with Crippen molar-refractivity contribution in [3.8, 4) is 16.9 Å². The molecule has 1 aliphatic rings. The Morgan fingerprint density at radius 1 is 0.857 bits per heavy atom. The van der Waals surface area contributed by atoms with E-state index in [1.165, 1.54) is 24.3 Å². The van der Waals surface area contributed by atoms with Crippen LogP contribution in [-0.4, -0.2) is 60.2 Å². The summed E-state index contributed by atoms with van der Waals surface area (Å²) in [5.74, 6) is -1.79. The van der Waals surface area contributed by atoms with Crippen molar-refractivity contribution in [2.75, 3.05) is 18.5 Å². The van der Waals surface area contributed by atoms with E-state index in [4.69, 9.17) is 19.9 Å². The minimum atomic E-state index is -1.17. The van der Waals surface area contributed by atoms with E-state index in [9.17, 15) is 34.4 Å². The molecular weight excluding hydrogens is 724 g/mol. The number of benzene rings is 4. The van der Waals surface area contributed by atoms with Gasteiger partial charge in [0, 0.05) is 36.9 Å². The van der Waals surface area contributed by atoms with Gasteiger partial charge >= 0.3 is 12.2 Å². The van der Waals surface area contributed by atoms with E-state index in [-0.39, 0.29) is 50.0 Å². The maximum atomic E-state index is 13.6. The van der Waals surface area contributed by atoms with Gasteiger partial charge in [0.05, 0.1) is 4.92 Å². The summed E-state index contributed by atoms with van der Waals surface area (Å²) in [6.45, 7) is 3.44. The number of nitrogens with two attached hydrogens (primary N) is 1. The summed E-state index contributed by atoms with van der Waals surface area (Å²) in [5.41, 5.74) is 10.1. The van der Waals surface area contributed by atoms with Gasteiger partial charge in [-0.3, -0.25) is 24.7 Å². The molecule has 5 rings (SSSR count). The van der Waals surface area contributed by atoms with Crippen molar-refractivity contribution in [3.63, 3.8) is 0 Å². The van der Waals surface area contributed by atoms with Crippen LogP contribution in [0.1, 0.15) is 49.3 Å². The molecule has 5 N–H and O–H groups in total. The SMILES string of the molecule is CC(C)[C@H](N=C([O-])OCC1c2ccccc2-c2ccccc21)C(=O)N[C@@H](CCCNC(N)=O)C(=O)Nc1ccc(COC(=O)Oc2ccc([N+](=O)[O-])cc2)cc1. The van der Waals surface area contributed by atoms with Crippen LogP contribution in [0.4, 0.5) is 21.0 Å². The highest BCUT2D eigenvalue weighted by Crippen LogP contribution is 2.44. The quantitative estimate of drug-likeness (QED) is 0.0232. The van der Waals surface area contributed by atoms with Gasteiger partial charge in [-0.05, 0) is 70.8 Å². The van der Waals surface area contributed by atoms with Crippen LogP contribution in [0.25, 0.3) is 11.1 Å². The summed E-state index contributed by atoms with van der Waals surface area (Å²) in [6, 6.07) is 24.1. The van der Waals surface area contributed by atoms with Crippen LogP contribution in [-0.2, 0) is 25.7 Å². The number of aliphatic imine (C=N–C) groups is 1. The molecule has 0 heterocycles. The van der Waals surface area contributed by atoms with E-state index >= 15 is 0 Å². The average Bonchev–Trinajstić information content (AvgIpc) is 3.50. The maximum Gasteiger partial charge on any atom is 0.514 e. The third-order valence-corrected chi connectivity index (χ3v) is 8.91. The molecule has 0 unspecified atom stereocenters. The molecule has 292 valence electrons. The van der Waals surface area contributed by atoms with Gasteiger partial charge in [0.25, 0.3) is 5.69 Å². The highest BCUT2D eigenvalue weighted by atomic mass is 16.7. The number of hydrogen-bond donors (Lipinski definition) is 4. The molecule has 0 spiro atoms.